The van der Waals surface area contributed by atoms with Crippen molar-refractivity contribution in [1.29, 1.82) is 0 Å². The van der Waals surface area contributed by atoms with E-state index in [9.17, 15) is 18.0 Å². The van der Waals surface area contributed by atoms with Gasteiger partial charge in [0, 0.05) is 17.1 Å². The number of alkyl halides is 3. The average Bonchev–Trinajstić information content (AvgIpc) is 3.24. The van der Waals surface area contributed by atoms with Crippen molar-refractivity contribution in [2.24, 2.45) is 0 Å². The first-order chi connectivity index (χ1) is 15.5. The second-order valence-corrected chi connectivity index (χ2v) is 8.65. The topological polar surface area (TPSA) is 70.5 Å². The summed E-state index contributed by atoms with van der Waals surface area (Å²) in [5, 5.41) is 0. The number of carbonyl (C=O) groups is 1. The number of carbonyl (C=O) groups excluding carboxylic acids is 1. The molecule has 0 radical (unpaired) electrons. The molecule has 0 aliphatic carbocycles. The van der Waals surface area contributed by atoms with Crippen molar-refractivity contribution >= 4 is 17.3 Å². The number of halogens is 3. The molecule has 3 rings (SSSR count). The third-order valence-corrected chi connectivity index (χ3v) is 5.69. The van der Waals surface area contributed by atoms with Crippen LogP contribution in [0.25, 0.3) is 10.7 Å². The lowest BCUT2D eigenvalue weighted by Gasteiger charge is -2.24. The van der Waals surface area contributed by atoms with Crippen LogP contribution in [0, 0.1) is 0 Å². The van der Waals surface area contributed by atoms with E-state index < -0.39 is 29.5 Å². The van der Waals surface area contributed by atoms with E-state index in [4.69, 9.17) is 14.2 Å². The SMILES string of the molecule is CCOC(=O)C(C)(C)Oc1cccc(OC(C)c2ccc(-c3nccc(C(F)(F)F)n3)s2)c1. The largest absolute Gasteiger partial charge is 0.485 e. The fourth-order valence-corrected chi connectivity index (χ4v) is 3.77. The molecule has 0 aliphatic heterocycles. The Morgan fingerprint density at radius 1 is 1.12 bits per heavy atom. The maximum Gasteiger partial charge on any atom is 0.433 e. The van der Waals surface area contributed by atoms with Gasteiger partial charge in [-0.2, -0.15) is 13.2 Å². The van der Waals surface area contributed by atoms with Crippen molar-refractivity contribution in [3.05, 3.63) is 59.2 Å². The van der Waals surface area contributed by atoms with E-state index in [1.54, 1.807) is 57.2 Å². The lowest BCUT2D eigenvalue weighted by Crippen LogP contribution is -2.39. The molecule has 0 amide bonds. The molecular formula is C23H23F3N2O4S. The van der Waals surface area contributed by atoms with E-state index >= 15 is 0 Å². The van der Waals surface area contributed by atoms with Crippen molar-refractivity contribution in [2.75, 3.05) is 6.61 Å². The number of aromatic nitrogens is 2. The summed E-state index contributed by atoms with van der Waals surface area (Å²) in [6.45, 7) is 7.02. The normalized spacial score (nSPS) is 12.8. The molecule has 33 heavy (non-hydrogen) atoms. The zero-order chi connectivity index (χ0) is 24.2. The first kappa shape index (κ1) is 24.5. The molecule has 0 fully saturated rings. The Bertz CT molecular complexity index is 1110. The fraction of sp³-hybridized carbons (Fsp3) is 0.348. The van der Waals surface area contributed by atoms with Crippen LogP contribution in [0.5, 0.6) is 11.5 Å². The molecule has 0 aliphatic rings. The summed E-state index contributed by atoms with van der Waals surface area (Å²) in [7, 11) is 0. The molecule has 3 aromatic rings. The summed E-state index contributed by atoms with van der Waals surface area (Å²) in [5.41, 5.74) is -2.16. The lowest BCUT2D eigenvalue weighted by molar-refractivity contribution is -0.158. The van der Waals surface area contributed by atoms with Crippen LogP contribution in [0.1, 0.15) is 44.4 Å². The Balaban J connectivity index is 1.72. The molecule has 2 aromatic heterocycles. The van der Waals surface area contributed by atoms with Gasteiger partial charge in [-0.1, -0.05) is 6.07 Å². The van der Waals surface area contributed by atoms with Gasteiger partial charge in [0.15, 0.2) is 11.4 Å². The maximum absolute atomic E-state index is 12.9. The summed E-state index contributed by atoms with van der Waals surface area (Å²) in [6, 6.07) is 11.1. The second-order valence-electron chi connectivity index (χ2n) is 7.53. The maximum atomic E-state index is 12.9. The molecule has 6 nitrogen and oxygen atoms in total. The Kier molecular flexibility index (Phi) is 7.26. The van der Waals surface area contributed by atoms with Gasteiger partial charge in [0.05, 0.1) is 11.5 Å². The third kappa shape index (κ3) is 6.22. The minimum absolute atomic E-state index is 0.00451. The van der Waals surface area contributed by atoms with Crippen LogP contribution < -0.4 is 9.47 Å². The molecule has 2 heterocycles. The summed E-state index contributed by atoms with van der Waals surface area (Å²) in [4.78, 5) is 20.9. The van der Waals surface area contributed by atoms with Crippen LogP contribution in [0.3, 0.4) is 0 Å². The monoisotopic (exact) mass is 480 g/mol. The number of hydrogen-bond donors (Lipinski definition) is 0. The number of hydrogen-bond acceptors (Lipinski definition) is 7. The van der Waals surface area contributed by atoms with Gasteiger partial charge in [-0.25, -0.2) is 14.8 Å². The molecule has 176 valence electrons. The highest BCUT2D eigenvalue weighted by atomic mass is 32.1. The van der Waals surface area contributed by atoms with Crippen molar-refractivity contribution in [2.45, 2.75) is 45.6 Å². The van der Waals surface area contributed by atoms with E-state index in [2.05, 4.69) is 9.97 Å². The van der Waals surface area contributed by atoms with E-state index in [0.717, 1.165) is 17.1 Å². The van der Waals surface area contributed by atoms with Crippen LogP contribution in [0.4, 0.5) is 13.2 Å². The minimum atomic E-state index is -4.54. The summed E-state index contributed by atoms with van der Waals surface area (Å²) < 4.78 is 55.6. The first-order valence-corrected chi connectivity index (χ1v) is 10.9. The predicted molar refractivity (Wildman–Crippen MR) is 117 cm³/mol. The molecule has 1 aromatic carbocycles. The highest BCUT2D eigenvalue weighted by molar-refractivity contribution is 7.15. The third-order valence-electron chi connectivity index (χ3n) is 4.45. The Morgan fingerprint density at radius 2 is 1.85 bits per heavy atom. The van der Waals surface area contributed by atoms with Crippen molar-refractivity contribution in [3.8, 4) is 22.2 Å². The van der Waals surface area contributed by atoms with Crippen LogP contribution in [0.15, 0.2) is 48.7 Å². The standard InChI is InChI=1S/C23H23F3N2O4S/c1-5-30-21(29)22(3,4)32-16-8-6-7-15(13-16)31-14(2)17-9-10-18(33-17)20-27-12-11-19(28-20)23(24,25)26/h6-14H,5H2,1-4H3. The fourth-order valence-electron chi connectivity index (χ4n) is 2.84. The zero-order valence-electron chi connectivity index (χ0n) is 18.5. The first-order valence-electron chi connectivity index (χ1n) is 10.1. The molecule has 1 atom stereocenters. The van der Waals surface area contributed by atoms with Gasteiger partial charge in [-0.3, -0.25) is 0 Å². The van der Waals surface area contributed by atoms with E-state index in [-0.39, 0.29) is 12.4 Å². The number of thiophene rings is 1. The Morgan fingerprint density at radius 3 is 2.55 bits per heavy atom. The quantitative estimate of drug-likeness (QED) is 0.364. The van der Waals surface area contributed by atoms with Crippen LogP contribution in [0.2, 0.25) is 0 Å². The highest BCUT2D eigenvalue weighted by Crippen LogP contribution is 2.34. The minimum Gasteiger partial charge on any atom is -0.485 e. The van der Waals surface area contributed by atoms with Gasteiger partial charge in [0.2, 0.25) is 0 Å². The van der Waals surface area contributed by atoms with Gasteiger partial charge in [0.25, 0.3) is 0 Å². The molecule has 0 spiro atoms. The van der Waals surface area contributed by atoms with E-state index in [1.165, 1.54) is 11.3 Å². The number of ether oxygens (including phenoxy) is 3. The van der Waals surface area contributed by atoms with Crippen molar-refractivity contribution < 1.29 is 32.2 Å². The van der Waals surface area contributed by atoms with Crippen LogP contribution in [-0.2, 0) is 15.7 Å². The Labute approximate surface area is 193 Å². The Hall–Kier alpha value is -3.14. The number of rotatable bonds is 8. The number of nitrogens with zero attached hydrogens (tertiary/aromatic N) is 2. The number of benzene rings is 1. The van der Waals surface area contributed by atoms with Crippen molar-refractivity contribution in [1.82, 2.24) is 9.97 Å². The van der Waals surface area contributed by atoms with Gasteiger partial charge in [0.1, 0.15) is 23.3 Å². The molecule has 0 bridgehead atoms. The lowest BCUT2D eigenvalue weighted by atomic mass is 10.1. The van der Waals surface area contributed by atoms with E-state index in [0.29, 0.717) is 16.4 Å². The molecule has 0 saturated carbocycles. The molecule has 0 N–H and O–H groups in total. The second kappa shape index (κ2) is 9.78. The summed E-state index contributed by atoms with van der Waals surface area (Å²) in [6.07, 6.45) is -3.85. The predicted octanol–water partition coefficient (Wildman–Crippen LogP) is 6.08. The highest BCUT2D eigenvalue weighted by Gasteiger charge is 2.33. The number of esters is 1. The van der Waals surface area contributed by atoms with Gasteiger partial charge in [-0.15, -0.1) is 11.3 Å². The summed E-state index contributed by atoms with van der Waals surface area (Å²) in [5.74, 6) is 0.462. The van der Waals surface area contributed by atoms with Gasteiger partial charge >= 0.3 is 12.1 Å². The van der Waals surface area contributed by atoms with Crippen LogP contribution >= 0.6 is 11.3 Å². The van der Waals surface area contributed by atoms with Crippen molar-refractivity contribution in [3.63, 3.8) is 0 Å². The average molecular weight is 481 g/mol. The van der Waals surface area contributed by atoms with Gasteiger partial charge < -0.3 is 14.2 Å². The zero-order valence-corrected chi connectivity index (χ0v) is 19.3. The molecule has 0 saturated heterocycles. The van der Waals surface area contributed by atoms with Gasteiger partial charge in [-0.05, 0) is 58.0 Å². The molecule has 1 unspecified atom stereocenters. The molecular weight excluding hydrogens is 457 g/mol. The van der Waals surface area contributed by atoms with Crippen LogP contribution in [-0.4, -0.2) is 28.1 Å². The molecule has 10 heteroatoms. The van der Waals surface area contributed by atoms with E-state index in [1.807, 2.05) is 6.92 Å². The summed E-state index contributed by atoms with van der Waals surface area (Å²) >= 11 is 1.25. The smallest absolute Gasteiger partial charge is 0.433 e.